The molecule has 0 aliphatic heterocycles. The molecule has 0 radical (unpaired) electrons. The molecule has 3 N–H and O–H groups in total. The molecule has 1 atom stereocenters. The number of aromatic nitrogens is 1. The average molecular weight is 259 g/mol. The molecular formula is C14H17N3O2. The Morgan fingerprint density at radius 2 is 2.37 bits per heavy atom. The highest BCUT2D eigenvalue weighted by Gasteiger charge is 2.15. The van der Waals surface area contributed by atoms with Gasteiger partial charge in [0.2, 0.25) is 0 Å². The first kappa shape index (κ1) is 13.4. The van der Waals surface area contributed by atoms with Gasteiger partial charge in [-0.1, -0.05) is 0 Å². The monoisotopic (exact) mass is 259 g/mol. The lowest BCUT2D eigenvalue weighted by Gasteiger charge is -2.10. The molecule has 0 aliphatic carbocycles. The van der Waals surface area contributed by atoms with Gasteiger partial charge in [-0.25, -0.2) is 0 Å². The molecule has 1 unspecified atom stereocenters. The zero-order valence-electron chi connectivity index (χ0n) is 10.8. The Kier molecular flexibility index (Phi) is 4.39. The fourth-order valence-corrected chi connectivity index (χ4v) is 2.04. The molecule has 5 nitrogen and oxygen atoms in total. The molecule has 1 aromatic carbocycles. The molecule has 0 saturated carbocycles. The van der Waals surface area contributed by atoms with E-state index in [4.69, 9.17) is 9.84 Å². The number of hydrogen-bond donors (Lipinski definition) is 3. The van der Waals surface area contributed by atoms with Gasteiger partial charge in [0.1, 0.15) is 11.8 Å². The molecular weight excluding hydrogens is 242 g/mol. The average Bonchev–Trinajstić information content (AvgIpc) is 2.86. The lowest BCUT2D eigenvalue weighted by Crippen LogP contribution is -2.21. The van der Waals surface area contributed by atoms with Gasteiger partial charge in [-0.3, -0.25) is 5.32 Å². The number of aliphatic hydroxyl groups excluding tert-OH is 1. The summed E-state index contributed by atoms with van der Waals surface area (Å²) in [5.74, 6) is 0.764. The van der Waals surface area contributed by atoms with Crippen molar-refractivity contribution < 1.29 is 9.84 Å². The Hall–Kier alpha value is -2.03. The summed E-state index contributed by atoms with van der Waals surface area (Å²) in [6.45, 7) is 0.720. The van der Waals surface area contributed by atoms with Crippen LogP contribution in [-0.4, -0.2) is 30.4 Å². The Morgan fingerprint density at radius 3 is 3.05 bits per heavy atom. The maximum absolute atomic E-state index is 9.26. The zero-order chi connectivity index (χ0) is 13.7. The highest BCUT2D eigenvalue weighted by molar-refractivity contribution is 5.85. The number of nitrogens with one attached hydrogen (secondary N) is 2. The summed E-state index contributed by atoms with van der Waals surface area (Å²) < 4.78 is 5.21. The number of benzene rings is 1. The SMILES string of the molecule is COc1ccc2[nH]cc(C(C#N)NCCCO)c2c1. The molecule has 0 amide bonds. The van der Waals surface area contributed by atoms with Gasteiger partial charge in [0.25, 0.3) is 0 Å². The van der Waals surface area contributed by atoms with Crippen LogP contribution in [0.1, 0.15) is 18.0 Å². The van der Waals surface area contributed by atoms with E-state index in [1.165, 1.54) is 0 Å². The predicted molar refractivity (Wildman–Crippen MR) is 72.9 cm³/mol. The summed E-state index contributed by atoms with van der Waals surface area (Å²) in [5.41, 5.74) is 1.87. The molecule has 0 bridgehead atoms. The Labute approximate surface area is 111 Å². The Morgan fingerprint density at radius 1 is 1.53 bits per heavy atom. The number of nitrogens with zero attached hydrogens (tertiary/aromatic N) is 1. The molecule has 5 heteroatoms. The minimum Gasteiger partial charge on any atom is -0.497 e. The fourth-order valence-electron chi connectivity index (χ4n) is 2.04. The summed E-state index contributed by atoms with van der Waals surface area (Å²) in [6, 6.07) is 7.57. The molecule has 1 heterocycles. The first-order valence-corrected chi connectivity index (χ1v) is 6.19. The standard InChI is InChI=1S/C14H17N3O2/c1-19-10-3-4-13-11(7-10)12(9-17-13)14(8-15)16-5-2-6-18/h3-4,7,9,14,16-18H,2,5-6H2,1H3. The number of H-pyrrole nitrogens is 1. The highest BCUT2D eigenvalue weighted by atomic mass is 16.5. The number of methoxy groups -OCH3 is 1. The van der Waals surface area contributed by atoms with Crippen molar-refractivity contribution in [2.24, 2.45) is 0 Å². The maximum Gasteiger partial charge on any atom is 0.123 e. The van der Waals surface area contributed by atoms with Gasteiger partial charge < -0.3 is 14.8 Å². The van der Waals surface area contributed by atoms with Gasteiger partial charge in [0.15, 0.2) is 0 Å². The van der Waals surface area contributed by atoms with Crippen molar-refractivity contribution in [2.45, 2.75) is 12.5 Å². The molecule has 100 valence electrons. The first-order chi connectivity index (χ1) is 9.30. The van der Waals surface area contributed by atoms with E-state index < -0.39 is 6.04 Å². The van der Waals surface area contributed by atoms with Crippen LogP contribution in [-0.2, 0) is 0 Å². The van der Waals surface area contributed by atoms with Crippen LogP contribution >= 0.6 is 0 Å². The second-order valence-electron chi connectivity index (χ2n) is 4.25. The Balaban J connectivity index is 2.29. The van der Waals surface area contributed by atoms with Crippen molar-refractivity contribution in [1.82, 2.24) is 10.3 Å². The van der Waals surface area contributed by atoms with E-state index in [1.807, 2.05) is 24.4 Å². The van der Waals surface area contributed by atoms with Gasteiger partial charge in [-0.2, -0.15) is 5.26 Å². The van der Waals surface area contributed by atoms with E-state index in [0.29, 0.717) is 13.0 Å². The normalized spacial score (nSPS) is 12.3. The maximum atomic E-state index is 9.26. The smallest absolute Gasteiger partial charge is 0.123 e. The van der Waals surface area contributed by atoms with Crippen molar-refractivity contribution in [3.63, 3.8) is 0 Å². The summed E-state index contributed by atoms with van der Waals surface area (Å²) in [7, 11) is 1.62. The summed E-state index contributed by atoms with van der Waals surface area (Å²) >= 11 is 0. The minimum absolute atomic E-state index is 0.118. The largest absolute Gasteiger partial charge is 0.497 e. The number of aromatic amines is 1. The van der Waals surface area contributed by atoms with Gasteiger partial charge in [0, 0.05) is 29.3 Å². The van der Waals surface area contributed by atoms with E-state index in [9.17, 15) is 5.26 Å². The van der Waals surface area contributed by atoms with Crippen LogP contribution in [0.2, 0.25) is 0 Å². The quantitative estimate of drug-likeness (QED) is 0.690. The number of hydrogen-bond acceptors (Lipinski definition) is 4. The van der Waals surface area contributed by atoms with E-state index in [2.05, 4.69) is 16.4 Å². The molecule has 1 aromatic heterocycles. The number of rotatable bonds is 6. The summed E-state index contributed by atoms with van der Waals surface area (Å²) in [6.07, 6.45) is 2.47. The van der Waals surface area contributed by atoms with Crippen LogP contribution in [0.4, 0.5) is 0 Å². The van der Waals surface area contributed by atoms with E-state index in [-0.39, 0.29) is 6.61 Å². The van der Waals surface area contributed by atoms with Crippen molar-refractivity contribution in [2.75, 3.05) is 20.3 Å². The number of fused-ring (bicyclic) bond motifs is 1. The topological polar surface area (TPSA) is 81.1 Å². The van der Waals surface area contributed by atoms with Crippen molar-refractivity contribution in [3.8, 4) is 11.8 Å². The molecule has 0 aliphatic rings. The molecule has 0 fully saturated rings. The summed E-state index contributed by atoms with van der Waals surface area (Å²) in [4.78, 5) is 3.15. The third kappa shape index (κ3) is 2.87. The lowest BCUT2D eigenvalue weighted by molar-refractivity contribution is 0.285. The third-order valence-corrected chi connectivity index (χ3v) is 3.04. The third-order valence-electron chi connectivity index (χ3n) is 3.04. The van der Waals surface area contributed by atoms with E-state index in [1.54, 1.807) is 7.11 Å². The van der Waals surface area contributed by atoms with Crippen LogP contribution in [0.3, 0.4) is 0 Å². The fraction of sp³-hybridized carbons (Fsp3) is 0.357. The number of aliphatic hydroxyl groups is 1. The highest BCUT2D eigenvalue weighted by Crippen LogP contribution is 2.27. The molecule has 2 rings (SSSR count). The van der Waals surface area contributed by atoms with Crippen molar-refractivity contribution in [3.05, 3.63) is 30.0 Å². The van der Waals surface area contributed by atoms with Crippen LogP contribution in [0.5, 0.6) is 5.75 Å². The van der Waals surface area contributed by atoms with Gasteiger partial charge >= 0.3 is 0 Å². The molecule has 2 aromatic rings. The second kappa shape index (κ2) is 6.23. The zero-order valence-corrected chi connectivity index (χ0v) is 10.8. The van der Waals surface area contributed by atoms with Crippen molar-refractivity contribution >= 4 is 10.9 Å². The van der Waals surface area contributed by atoms with E-state index in [0.717, 1.165) is 22.2 Å². The number of nitriles is 1. The second-order valence-corrected chi connectivity index (χ2v) is 4.25. The van der Waals surface area contributed by atoms with Crippen LogP contribution in [0.15, 0.2) is 24.4 Å². The van der Waals surface area contributed by atoms with Crippen molar-refractivity contribution in [1.29, 1.82) is 5.26 Å². The predicted octanol–water partition coefficient (Wildman–Crippen LogP) is 1.71. The molecule has 19 heavy (non-hydrogen) atoms. The van der Waals surface area contributed by atoms with Gasteiger partial charge in [0.05, 0.1) is 13.2 Å². The summed E-state index contributed by atoms with van der Waals surface area (Å²) in [5, 5.41) is 22.1. The first-order valence-electron chi connectivity index (χ1n) is 6.19. The number of ether oxygens (including phenoxy) is 1. The van der Waals surface area contributed by atoms with Crippen LogP contribution in [0.25, 0.3) is 10.9 Å². The van der Waals surface area contributed by atoms with Gasteiger partial charge in [-0.15, -0.1) is 0 Å². The van der Waals surface area contributed by atoms with Crippen LogP contribution < -0.4 is 10.1 Å². The molecule has 0 spiro atoms. The molecule has 0 saturated heterocycles. The Bertz CT molecular complexity index is 586. The van der Waals surface area contributed by atoms with Gasteiger partial charge in [-0.05, 0) is 31.2 Å². The van der Waals surface area contributed by atoms with Crippen LogP contribution in [0, 0.1) is 11.3 Å². The minimum atomic E-state index is -0.396. The lowest BCUT2D eigenvalue weighted by atomic mass is 10.1. The van der Waals surface area contributed by atoms with E-state index >= 15 is 0 Å².